The SMILES string of the molecule is CCNC(=O)C(CC)N(Cc1ccccc1C)C(=O)CN(c1ccc(C)cc1)S(=O)(=O)c1ccc(Cl)cc1. The molecule has 202 valence electrons. The molecule has 3 rings (SSSR count). The van der Waals surface area contributed by atoms with Crippen molar-refractivity contribution in [2.24, 2.45) is 0 Å². The maximum Gasteiger partial charge on any atom is 0.264 e. The van der Waals surface area contributed by atoms with Gasteiger partial charge in [0, 0.05) is 18.1 Å². The summed E-state index contributed by atoms with van der Waals surface area (Å²) in [6.07, 6.45) is 0.373. The molecular weight excluding hydrogens is 522 g/mol. The van der Waals surface area contributed by atoms with Crippen molar-refractivity contribution in [1.29, 1.82) is 0 Å². The van der Waals surface area contributed by atoms with Crippen molar-refractivity contribution in [3.63, 3.8) is 0 Å². The highest BCUT2D eigenvalue weighted by atomic mass is 35.5. The number of nitrogens with zero attached hydrogens (tertiary/aromatic N) is 2. The third kappa shape index (κ3) is 6.94. The van der Waals surface area contributed by atoms with Gasteiger partial charge in [-0.3, -0.25) is 13.9 Å². The van der Waals surface area contributed by atoms with E-state index in [1.165, 1.54) is 29.2 Å². The van der Waals surface area contributed by atoms with Crippen LogP contribution < -0.4 is 9.62 Å². The highest BCUT2D eigenvalue weighted by Crippen LogP contribution is 2.26. The Balaban J connectivity index is 2.06. The van der Waals surface area contributed by atoms with Gasteiger partial charge in [-0.25, -0.2) is 8.42 Å². The lowest BCUT2D eigenvalue weighted by molar-refractivity contribution is -0.140. The topological polar surface area (TPSA) is 86.8 Å². The molecule has 1 atom stereocenters. The maximum atomic E-state index is 14.0. The summed E-state index contributed by atoms with van der Waals surface area (Å²) in [5.74, 6) is -0.760. The number of hydrogen-bond acceptors (Lipinski definition) is 4. The number of likely N-dealkylation sites (N-methyl/N-ethyl adjacent to an activating group) is 1. The Morgan fingerprint density at radius 2 is 1.55 bits per heavy atom. The lowest BCUT2D eigenvalue weighted by Crippen LogP contribution is -2.52. The number of aryl methyl sites for hydroxylation is 2. The standard InChI is InChI=1S/C29H34ClN3O4S/c1-5-27(29(35)31-6-2)32(19-23-10-8-7-9-22(23)4)28(34)20-33(25-15-11-21(3)12-16-25)38(36,37)26-17-13-24(30)14-18-26/h7-18,27H,5-6,19-20H2,1-4H3,(H,31,35). The molecule has 9 heteroatoms. The number of anilines is 1. The Hall–Kier alpha value is -3.36. The van der Waals surface area contributed by atoms with Crippen LogP contribution in [0.2, 0.25) is 5.02 Å². The van der Waals surface area contributed by atoms with Crippen molar-refractivity contribution >= 4 is 39.1 Å². The molecule has 0 heterocycles. The molecule has 0 aliphatic rings. The quantitative estimate of drug-likeness (QED) is 0.357. The molecule has 0 aliphatic carbocycles. The monoisotopic (exact) mass is 555 g/mol. The summed E-state index contributed by atoms with van der Waals surface area (Å²) >= 11 is 5.99. The number of sulfonamides is 1. The minimum atomic E-state index is -4.13. The summed E-state index contributed by atoms with van der Waals surface area (Å²) in [5, 5.41) is 3.21. The first kappa shape index (κ1) is 29.2. The van der Waals surface area contributed by atoms with Gasteiger partial charge in [-0.1, -0.05) is 60.5 Å². The minimum absolute atomic E-state index is 0.0106. The number of carbonyl (C=O) groups excluding carboxylic acids is 2. The normalized spacial score (nSPS) is 12.0. The van der Waals surface area contributed by atoms with Crippen LogP contribution >= 0.6 is 11.6 Å². The lowest BCUT2D eigenvalue weighted by Gasteiger charge is -2.33. The third-order valence-corrected chi connectivity index (χ3v) is 8.38. The number of rotatable bonds is 11. The molecule has 38 heavy (non-hydrogen) atoms. The predicted molar refractivity (Wildman–Crippen MR) is 152 cm³/mol. The number of hydrogen-bond donors (Lipinski definition) is 1. The maximum absolute atomic E-state index is 14.0. The second-order valence-corrected chi connectivity index (χ2v) is 11.4. The Labute approximate surface area is 230 Å². The smallest absolute Gasteiger partial charge is 0.264 e. The molecule has 0 aromatic heterocycles. The van der Waals surface area contributed by atoms with Crippen LogP contribution in [0.5, 0.6) is 0 Å². The summed E-state index contributed by atoms with van der Waals surface area (Å²) in [7, 11) is -4.13. The first-order chi connectivity index (χ1) is 18.1. The van der Waals surface area contributed by atoms with Gasteiger partial charge in [0.1, 0.15) is 12.6 Å². The van der Waals surface area contributed by atoms with E-state index in [-0.39, 0.29) is 17.3 Å². The molecule has 3 aromatic rings. The van der Waals surface area contributed by atoms with E-state index in [2.05, 4.69) is 5.32 Å². The van der Waals surface area contributed by atoms with Gasteiger partial charge in [-0.15, -0.1) is 0 Å². The van der Waals surface area contributed by atoms with Crippen molar-refractivity contribution in [3.05, 3.63) is 94.5 Å². The van der Waals surface area contributed by atoms with Gasteiger partial charge < -0.3 is 10.2 Å². The van der Waals surface area contributed by atoms with Gasteiger partial charge in [0.25, 0.3) is 10.0 Å². The second-order valence-electron chi connectivity index (χ2n) is 9.07. The molecule has 3 aromatic carbocycles. The molecule has 0 fully saturated rings. The van der Waals surface area contributed by atoms with E-state index in [9.17, 15) is 18.0 Å². The van der Waals surface area contributed by atoms with Crippen molar-refractivity contribution in [1.82, 2.24) is 10.2 Å². The molecule has 0 bridgehead atoms. The minimum Gasteiger partial charge on any atom is -0.355 e. The summed E-state index contributed by atoms with van der Waals surface area (Å²) < 4.78 is 28.7. The van der Waals surface area contributed by atoms with E-state index in [0.717, 1.165) is 21.0 Å². The van der Waals surface area contributed by atoms with Crippen molar-refractivity contribution < 1.29 is 18.0 Å². The summed E-state index contributed by atoms with van der Waals surface area (Å²) in [4.78, 5) is 28.4. The first-order valence-electron chi connectivity index (χ1n) is 12.5. The Kier molecular flexibility index (Phi) is 9.94. The highest BCUT2D eigenvalue weighted by molar-refractivity contribution is 7.92. The Bertz CT molecular complexity index is 1360. The van der Waals surface area contributed by atoms with Crippen molar-refractivity contribution in [2.45, 2.75) is 51.6 Å². The largest absolute Gasteiger partial charge is 0.355 e. The fourth-order valence-electron chi connectivity index (χ4n) is 4.16. The van der Waals surface area contributed by atoms with E-state index >= 15 is 0 Å². The van der Waals surface area contributed by atoms with E-state index in [1.54, 1.807) is 24.3 Å². The molecule has 7 nitrogen and oxygen atoms in total. The van der Waals surface area contributed by atoms with Gasteiger partial charge in [-0.05, 0) is 74.7 Å². The van der Waals surface area contributed by atoms with E-state index in [0.29, 0.717) is 23.7 Å². The molecule has 0 aliphatic heterocycles. The van der Waals surface area contributed by atoms with Crippen LogP contribution in [0.1, 0.15) is 37.0 Å². The zero-order valence-electron chi connectivity index (χ0n) is 22.1. The van der Waals surface area contributed by atoms with Crippen LogP contribution in [0.15, 0.2) is 77.7 Å². The summed E-state index contributed by atoms with van der Waals surface area (Å²) in [6, 6.07) is 19.6. The average Bonchev–Trinajstić information content (AvgIpc) is 2.89. The predicted octanol–water partition coefficient (Wildman–Crippen LogP) is 5.10. The fourth-order valence-corrected chi connectivity index (χ4v) is 5.70. The number of nitrogens with one attached hydrogen (secondary N) is 1. The molecule has 0 saturated heterocycles. The zero-order chi connectivity index (χ0) is 27.9. The molecule has 0 radical (unpaired) electrons. The summed E-state index contributed by atoms with van der Waals surface area (Å²) in [5.41, 5.74) is 3.15. The van der Waals surface area contributed by atoms with Gasteiger partial charge in [0.15, 0.2) is 0 Å². The van der Waals surface area contributed by atoms with Crippen LogP contribution in [0.25, 0.3) is 0 Å². The number of halogens is 1. The van der Waals surface area contributed by atoms with Gasteiger partial charge in [0.2, 0.25) is 11.8 Å². The van der Waals surface area contributed by atoms with E-state index < -0.39 is 28.5 Å². The number of benzene rings is 3. The van der Waals surface area contributed by atoms with Crippen LogP contribution in [0.3, 0.4) is 0 Å². The van der Waals surface area contributed by atoms with Gasteiger partial charge in [-0.2, -0.15) is 0 Å². The second kappa shape index (κ2) is 12.9. The zero-order valence-corrected chi connectivity index (χ0v) is 23.7. The molecular formula is C29H34ClN3O4S. The van der Waals surface area contributed by atoms with Gasteiger partial charge in [0.05, 0.1) is 10.6 Å². The third-order valence-electron chi connectivity index (χ3n) is 6.34. The van der Waals surface area contributed by atoms with Crippen LogP contribution in [-0.2, 0) is 26.2 Å². The Morgan fingerprint density at radius 3 is 2.13 bits per heavy atom. The van der Waals surface area contributed by atoms with E-state index in [4.69, 9.17) is 11.6 Å². The Morgan fingerprint density at radius 1 is 0.921 bits per heavy atom. The van der Waals surface area contributed by atoms with Crippen molar-refractivity contribution in [3.8, 4) is 0 Å². The highest BCUT2D eigenvalue weighted by Gasteiger charge is 2.33. The first-order valence-corrected chi connectivity index (χ1v) is 14.4. The molecule has 1 N–H and O–H groups in total. The number of carbonyl (C=O) groups is 2. The van der Waals surface area contributed by atoms with Gasteiger partial charge >= 0.3 is 0 Å². The molecule has 0 spiro atoms. The lowest BCUT2D eigenvalue weighted by atomic mass is 10.1. The average molecular weight is 556 g/mol. The molecule has 2 amide bonds. The summed E-state index contributed by atoms with van der Waals surface area (Å²) in [6.45, 7) is 7.60. The van der Waals surface area contributed by atoms with Crippen molar-refractivity contribution in [2.75, 3.05) is 17.4 Å². The van der Waals surface area contributed by atoms with Crippen LogP contribution in [0.4, 0.5) is 5.69 Å². The van der Waals surface area contributed by atoms with E-state index in [1.807, 2.05) is 52.0 Å². The molecule has 1 unspecified atom stereocenters. The number of amides is 2. The van der Waals surface area contributed by atoms with Crippen LogP contribution in [-0.4, -0.2) is 44.3 Å². The molecule has 0 saturated carbocycles. The van der Waals surface area contributed by atoms with Crippen LogP contribution in [0, 0.1) is 13.8 Å². The fraction of sp³-hybridized carbons (Fsp3) is 0.310.